The number of nitrogens with zero attached hydrogens (tertiary/aromatic N) is 3. The number of sulfonamides is 1. The Morgan fingerprint density at radius 1 is 1.00 bits per heavy atom. The van der Waals surface area contributed by atoms with Crippen LogP contribution >= 0.6 is 11.6 Å². The highest BCUT2D eigenvalue weighted by Gasteiger charge is 2.49. The van der Waals surface area contributed by atoms with Crippen molar-refractivity contribution in [3.05, 3.63) is 70.3 Å². The second kappa shape index (κ2) is 17.0. The van der Waals surface area contributed by atoms with E-state index in [4.69, 9.17) is 21.1 Å². The van der Waals surface area contributed by atoms with Crippen molar-refractivity contribution in [1.29, 1.82) is 0 Å². The predicted molar refractivity (Wildman–Crippen MR) is 213 cm³/mol. The number of allylic oxidation sites excluding steroid dienone is 1. The van der Waals surface area contributed by atoms with Crippen LogP contribution in [0.4, 0.5) is 5.69 Å². The monoisotopic (exact) mass is 780 g/mol. The number of amides is 1. The maximum atomic E-state index is 13.8. The zero-order valence-electron chi connectivity index (χ0n) is 31.9. The zero-order chi connectivity index (χ0) is 37.9. The average Bonchev–Trinajstić information content (AvgIpc) is 3.17. The van der Waals surface area contributed by atoms with Gasteiger partial charge in [-0.1, -0.05) is 43.2 Å². The number of rotatable bonds is 5. The molecule has 1 aliphatic carbocycles. The van der Waals surface area contributed by atoms with Crippen LogP contribution in [-0.2, 0) is 32.6 Å². The fraction of sp³-hybridized carbons (Fsp3) is 0.619. The zero-order valence-corrected chi connectivity index (χ0v) is 33.5. The summed E-state index contributed by atoms with van der Waals surface area (Å²) in [5, 5.41) is -0.365. The summed E-state index contributed by atoms with van der Waals surface area (Å²) in [6.07, 6.45) is 13.8. The molecule has 10 nitrogen and oxygen atoms in total. The van der Waals surface area contributed by atoms with Crippen LogP contribution < -0.4 is 14.4 Å². The molecule has 7 rings (SSSR count). The molecule has 4 heterocycles. The Morgan fingerprint density at radius 2 is 1.85 bits per heavy atom. The van der Waals surface area contributed by atoms with Crippen molar-refractivity contribution in [2.45, 2.75) is 94.6 Å². The molecule has 3 fully saturated rings. The molecule has 1 N–H and O–H groups in total. The highest BCUT2D eigenvalue weighted by Crippen LogP contribution is 2.47. The quantitative estimate of drug-likeness (QED) is 0.278. The summed E-state index contributed by atoms with van der Waals surface area (Å²) in [6, 6.07) is 11.7. The Hall–Kier alpha value is -2.96. The van der Waals surface area contributed by atoms with E-state index in [1.165, 1.54) is 31.4 Å². The molecule has 1 amide bonds. The molecule has 0 aromatic heterocycles. The number of carbonyl (C=O) groups is 2. The molecule has 4 aliphatic heterocycles. The number of methoxy groups -OCH3 is 1. The molecule has 294 valence electrons. The molecule has 2 aromatic carbocycles. The van der Waals surface area contributed by atoms with E-state index in [1.54, 1.807) is 18.2 Å². The van der Waals surface area contributed by atoms with Gasteiger partial charge in [0, 0.05) is 69.4 Å². The number of aldehydes is 1. The first-order valence-corrected chi connectivity index (χ1v) is 22.0. The Morgan fingerprint density at radius 3 is 2.65 bits per heavy atom. The number of nitrogens with one attached hydrogen (secondary N) is 1. The summed E-state index contributed by atoms with van der Waals surface area (Å²) < 4.78 is 43.2. The van der Waals surface area contributed by atoms with Crippen LogP contribution in [0.2, 0.25) is 5.02 Å². The number of hydrogen-bond acceptors (Lipinski definition) is 9. The maximum absolute atomic E-state index is 13.8. The van der Waals surface area contributed by atoms with E-state index >= 15 is 0 Å². The van der Waals surface area contributed by atoms with Gasteiger partial charge in [-0.2, -0.15) is 0 Å². The van der Waals surface area contributed by atoms with Crippen LogP contribution in [-0.4, -0.2) is 100 Å². The lowest BCUT2D eigenvalue weighted by atomic mass is 9.63. The summed E-state index contributed by atoms with van der Waals surface area (Å²) in [5.41, 5.74) is 2.69. The summed E-state index contributed by atoms with van der Waals surface area (Å²) in [7, 11) is -2.37. The Kier molecular flexibility index (Phi) is 12.4. The van der Waals surface area contributed by atoms with Gasteiger partial charge < -0.3 is 19.2 Å². The first-order chi connectivity index (χ1) is 26.1. The first kappa shape index (κ1) is 39.3. The fourth-order valence-electron chi connectivity index (χ4n) is 9.74. The number of halogens is 1. The van der Waals surface area contributed by atoms with Gasteiger partial charge in [0.2, 0.25) is 10.0 Å². The number of hydrogen-bond donors (Lipinski definition) is 1. The Labute approximate surface area is 326 Å². The standard InChI is InChI=1S/C42H57ClN4O6S/c1-30-8-7-18-42(52-2,29-45-21-22-46-19-6-4-10-36(46)27-45)37-15-12-33(37)26-47-20-5-3-9-31-24-35(43)14-11-34(31)28-53-39-16-13-32(25-38(39)47)41(49)44-54(50,51)40(30)17-23-48/h7,11,13-14,16,18,23-25,30,33,36-37,40H,3-6,8-10,12,15,17,19-22,26-29H2,1-2H3,(H,44,49)/b18-7+/t30-,33-,36+,37+,40?,42-/m0/s1. The minimum atomic E-state index is -4.20. The second-order valence-electron chi connectivity index (χ2n) is 16.3. The third-order valence-corrected chi connectivity index (χ3v) is 15.2. The number of benzene rings is 2. The van der Waals surface area contributed by atoms with Gasteiger partial charge in [0.1, 0.15) is 24.2 Å². The highest BCUT2D eigenvalue weighted by molar-refractivity contribution is 7.90. The van der Waals surface area contributed by atoms with Gasteiger partial charge in [-0.25, -0.2) is 13.1 Å². The third kappa shape index (κ3) is 8.55. The molecule has 1 unspecified atom stereocenters. The van der Waals surface area contributed by atoms with Crippen LogP contribution in [0.25, 0.3) is 0 Å². The lowest BCUT2D eigenvalue weighted by Crippen LogP contribution is -2.61. The second-order valence-corrected chi connectivity index (χ2v) is 18.7. The van der Waals surface area contributed by atoms with Crippen LogP contribution in [0.3, 0.4) is 0 Å². The van der Waals surface area contributed by atoms with Gasteiger partial charge in [0.05, 0.1) is 10.9 Å². The molecule has 6 atom stereocenters. The summed E-state index contributed by atoms with van der Waals surface area (Å²) >= 11 is 6.41. The van der Waals surface area contributed by atoms with Gasteiger partial charge in [0.25, 0.3) is 5.91 Å². The largest absolute Gasteiger partial charge is 0.487 e. The van der Waals surface area contributed by atoms with Crippen molar-refractivity contribution in [1.82, 2.24) is 14.5 Å². The van der Waals surface area contributed by atoms with Gasteiger partial charge in [-0.05, 0) is 117 Å². The van der Waals surface area contributed by atoms with Gasteiger partial charge >= 0.3 is 0 Å². The van der Waals surface area contributed by atoms with Crippen LogP contribution in [0.15, 0.2) is 48.6 Å². The van der Waals surface area contributed by atoms with Crippen LogP contribution in [0.1, 0.15) is 86.2 Å². The maximum Gasteiger partial charge on any atom is 0.264 e. The lowest BCUT2D eigenvalue weighted by Gasteiger charge is -2.53. The topological polar surface area (TPSA) is 108 Å². The molecule has 0 radical (unpaired) electrons. The van der Waals surface area contributed by atoms with Gasteiger partial charge in [0.15, 0.2) is 0 Å². The molecule has 2 bridgehead atoms. The van der Waals surface area contributed by atoms with Crippen molar-refractivity contribution >= 4 is 39.5 Å². The molecule has 5 aliphatic rings. The predicted octanol–water partition coefficient (Wildman–Crippen LogP) is 6.26. The fourth-order valence-corrected chi connectivity index (χ4v) is 11.5. The van der Waals surface area contributed by atoms with Gasteiger partial charge in [-0.15, -0.1) is 0 Å². The highest BCUT2D eigenvalue weighted by atomic mass is 35.5. The average molecular weight is 781 g/mol. The molecule has 54 heavy (non-hydrogen) atoms. The SMILES string of the molecule is CO[C@]1(CN2CCN3CCCC[C@@H]3C2)/C=C/C[C@H](C)C(CC=O)S(=O)(=O)NC(=O)c2ccc3c(c2)N(CCCCc2cc(Cl)ccc2CO3)C[C@@H]2CC[C@H]21. The number of carbonyl (C=O) groups excluding carboxylic acids is 2. The van der Waals surface area contributed by atoms with Crippen LogP contribution in [0.5, 0.6) is 5.75 Å². The molecule has 12 heteroatoms. The molecule has 0 spiro atoms. The van der Waals surface area contributed by atoms with Crippen molar-refractivity contribution < 1.29 is 27.5 Å². The van der Waals surface area contributed by atoms with Crippen molar-refractivity contribution in [2.24, 2.45) is 17.8 Å². The minimum Gasteiger partial charge on any atom is -0.487 e. The van der Waals surface area contributed by atoms with E-state index in [0.29, 0.717) is 42.0 Å². The van der Waals surface area contributed by atoms with Gasteiger partial charge in [-0.3, -0.25) is 14.6 Å². The minimum absolute atomic E-state index is 0.206. The number of fused-ring (bicyclic) bond motifs is 4. The van der Waals surface area contributed by atoms with E-state index < -0.39 is 32.7 Å². The molecule has 2 saturated heterocycles. The summed E-state index contributed by atoms with van der Waals surface area (Å²) in [5.74, 6) is 0.0729. The first-order valence-electron chi connectivity index (χ1n) is 20.1. The number of piperazine rings is 1. The van der Waals surface area contributed by atoms with Crippen molar-refractivity contribution in [3.63, 3.8) is 0 Å². The normalized spacial score (nSPS) is 31.6. The van der Waals surface area contributed by atoms with E-state index in [9.17, 15) is 18.0 Å². The Balaban J connectivity index is 1.27. The molecular formula is C42H57ClN4O6S. The summed E-state index contributed by atoms with van der Waals surface area (Å²) in [4.78, 5) is 33.2. The molecule has 1 saturated carbocycles. The molecular weight excluding hydrogens is 724 g/mol. The molecule has 2 aromatic rings. The number of piperidine rings is 1. The lowest BCUT2D eigenvalue weighted by molar-refractivity contribution is -0.108. The number of aryl methyl sites for hydroxylation is 1. The third-order valence-electron chi connectivity index (χ3n) is 13.0. The summed E-state index contributed by atoms with van der Waals surface area (Å²) in [6.45, 7) is 8.74. The number of ether oxygens (including phenoxy) is 2. The van der Waals surface area contributed by atoms with Crippen LogP contribution in [0, 0.1) is 17.8 Å². The van der Waals surface area contributed by atoms with Crippen molar-refractivity contribution in [2.75, 3.05) is 57.8 Å². The smallest absolute Gasteiger partial charge is 0.264 e. The van der Waals surface area contributed by atoms with E-state index in [2.05, 4.69) is 31.6 Å². The van der Waals surface area contributed by atoms with E-state index in [0.717, 1.165) is 82.6 Å². The number of anilines is 1. The van der Waals surface area contributed by atoms with E-state index in [1.807, 2.05) is 32.2 Å². The van der Waals surface area contributed by atoms with Crippen molar-refractivity contribution in [3.8, 4) is 5.75 Å². The Bertz CT molecular complexity index is 1810. The van der Waals surface area contributed by atoms with E-state index in [-0.39, 0.29) is 17.9 Å².